The first-order valence-electron chi connectivity index (χ1n) is 9.37. The van der Waals surface area contributed by atoms with Gasteiger partial charge in [0.25, 0.3) is 5.56 Å². The Labute approximate surface area is 172 Å². The van der Waals surface area contributed by atoms with Crippen molar-refractivity contribution < 1.29 is 9.53 Å². The van der Waals surface area contributed by atoms with Gasteiger partial charge in [-0.05, 0) is 37.0 Å². The van der Waals surface area contributed by atoms with Crippen LogP contribution in [0.4, 0.5) is 0 Å². The third kappa shape index (κ3) is 4.27. The van der Waals surface area contributed by atoms with Crippen LogP contribution in [0.15, 0.2) is 70.8 Å². The molecule has 5 nitrogen and oxygen atoms in total. The fraction of sp³-hybridized carbons (Fsp3) is 0.174. The molecule has 0 spiro atoms. The smallest absolute Gasteiger partial charge is 0.338 e. The Kier molecular flexibility index (Phi) is 5.53. The Bertz CT molecular complexity index is 1210. The minimum atomic E-state index is -0.405. The minimum Gasteiger partial charge on any atom is -0.456 e. The van der Waals surface area contributed by atoms with E-state index in [2.05, 4.69) is 17.1 Å². The van der Waals surface area contributed by atoms with Gasteiger partial charge in [0, 0.05) is 17.1 Å². The second-order valence-corrected chi connectivity index (χ2v) is 7.64. The van der Waals surface area contributed by atoms with Crippen LogP contribution >= 0.6 is 11.3 Å². The molecule has 0 aliphatic rings. The Morgan fingerprint density at radius 2 is 1.83 bits per heavy atom. The second-order valence-electron chi connectivity index (χ2n) is 6.80. The minimum absolute atomic E-state index is 0.0332. The van der Waals surface area contributed by atoms with E-state index in [1.165, 1.54) is 23.0 Å². The number of aromatic nitrogens is 2. The summed E-state index contributed by atoms with van der Waals surface area (Å²) in [4.78, 5) is 30.0. The van der Waals surface area contributed by atoms with Gasteiger partial charge in [-0.25, -0.2) is 9.78 Å². The fourth-order valence-electron chi connectivity index (χ4n) is 3.25. The molecule has 0 radical (unpaired) electrons. The van der Waals surface area contributed by atoms with Crippen LogP contribution in [-0.2, 0) is 24.2 Å². The number of ether oxygens (including phenoxy) is 1. The normalized spacial score (nSPS) is 10.9. The van der Waals surface area contributed by atoms with Gasteiger partial charge >= 0.3 is 5.97 Å². The Morgan fingerprint density at radius 3 is 2.66 bits per heavy atom. The molecule has 2 heterocycles. The molecule has 4 rings (SSSR count). The SMILES string of the molecule is Cc1csc2nc(COC(=O)c3ccccc3CCc3ccccc3)cc(=O)n12. The monoisotopic (exact) mass is 404 g/mol. The zero-order valence-corrected chi connectivity index (χ0v) is 16.8. The molecule has 0 unspecified atom stereocenters. The van der Waals surface area contributed by atoms with Crippen LogP contribution in [0.3, 0.4) is 0 Å². The number of nitrogens with zero attached hydrogens (tertiary/aromatic N) is 2. The lowest BCUT2D eigenvalue weighted by Crippen LogP contribution is -2.16. The van der Waals surface area contributed by atoms with E-state index in [0.717, 1.165) is 24.1 Å². The van der Waals surface area contributed by atoms with Crippen LogP contribution in [-0.4, -0.2) is 15.4 Å². The van der Waals surface area contributed by atoms with Crippen molar-refractivity contribution in [3.05, 3.63) is 104 Å². The number of thiazole rings is 1. The summed E-state index contributed by atoms with van der Waals surface area (Å²) in [6.45, 7) is 1.83. The van der Waals surface area contributed by atoms with Gasteiger partial charge in [0.1, 0.15) is 6.61 Å². The zero-order chi connectivity index (χ0) is 20.2. The first-order valence-corrected chi connectivity index (χ1v) is 10.3. The summed E-state index contributed by atoms with van der Waals surface area (Å²) >= 11 is 1.39. The maximum Gasteiger partial charge on any atom is 0.338 e. The summed E-state index contributed by atoms with van der Waals surface area (Å²) in [6, 6.07) is 19.1. The van der Waals surface area contributed by atoms with Crippen molar-refractivity contribution in [1.82, 2.24) is 9.38 Å². The molecule has 0 aliphatic carbocycles. The lowest BCUT2D eigenvalue weighted by atomic mass is 10.00. The molecule has 4 aromatic rings. The van der Waals surface area contributed by atoms with E-state index >= 15 is 0 Å². The number of benzene rings is 2. The second kappa shape index (κ2) is 8.41. The van der Waals surface area contributed by atoms with Crippen LogP contribution < -0.4 is 5.56 Å². The molecule has 6 heteroatoms. The maximum absolute atomic E-state index is 12.7. The molecule has 0 bridgehead atoms. The van der Waals surface area contributed by atoms with Crippen LogP contribution in [0.25, 0.3) is 4.96 Å². The van der Waals surface area contributed by atoms with E-state index in [0.29, 0.717) is 16.2 Å². The van der Waals surface area contributed by atoms with Crippen LogP contribution in [0, 0.1) is 6.92 Å². The predicted molar refractivity (Wildman–Crippen MR) is 113 cm³/mol. The van der Waals surface area contributed by atoms with E-state index in [-0.39, 0.29) is 12.2 Å². The van der Waals surface area contributed by atoms with Crippen molar-refractivity contribution in [1.29, 1.82) is 0 Å². The van der Waals surface area contributed by atoms with Crippen molar-refractivity contribution in [2.75, 3.05) is 0 Å². The molecule has 0 aliphatic heterocycles. The van der Waals surface area contributed by atoms with E-state index in [1.807, 2.05) is 48.7 Å². The van der Waals surface area contributed by atoms with Gasteiger partial charge in [-0.2, -0.15) is 0 Å². The molecule has 146 valence electrons. The van der Waals surface area contributed by atoms with E-state index in [1.54, 1.807) is 10.5 Å². The lowest BCUT2D eigenvalue weighted by molar-refractivity contribution is 0.0466. The molecule has 0 N–H and O–H groups in total. The first-order chi connectivity index (χ1) is 14.1. The maximum atomic E-state index is 12.7. The number of aryl methyl sites for hydroxylation is 3. The molecular formula is C23H20N2O3S. The predicted octanol–water partition coefficient (Wildman–Crippen LogP) is 4.21. The number of carbonyl (C=O) groups is 1. The van der Waals surface area contributed by atoms with Gasteiger partial charge in [0.15, 0.2) is 4.96 Å². The summed E-state index contributed by atoms with van der Waals surface area (Å²) in [6.07, 6.45) is 1.59. The van der Waals surface area contributed by atoms with Gasteiger partial charge in [-0.1, -0.05) is 48.5 Å². The molecule has 0 atom stereocenters. The van der Waals surface area contributed by atoms with Gasteiger partial charge in [0.05, 0.1) is 11.3 Å². The average molecular weight is 404 g/mol. The van der Waals surface area contributed by atoms with Crippen molar-refractivity contribution in [3.8, 4) is 0 Å². The quantitative estimate of drug-likeness (QED) is 0.452. The van der Waals surface area contributed by atoms with Crippen LogP contribution in [0.2, 0.25) is 0 Å². The molecular weight excluding hydrogens is 384 g/mol. The summed E-state index contributed by atoms with van der Waals surface area (Å²) in [7, 11) is 0. The molecule has 0 fully saturated rings. The van der Waals surface area contributed by atoms with E-state index < -0.39 is 5.97 Å². The van der Waals surface area contributed by atoms with E-state index in [4.69, 9.17) is 4.74 Å². The largest absolute Gasteiger partial charge is 0.456 e. The van der Waals surface area contributed by atoms with Gasteiger partial charge < -0.3 is 4.74 Å². The molecule has 0 saturated carbocycles. The third-order valence-corrected chi connectivity index (χ3v) is 5.69. The van der Waals surface area contributed by atoms with E-state index in [9.17, 15) is 9.59 Å². The highest BCUT2D eigenvalue weighted by atomic mass is 32.1. The number of rotatable bonds is 6. The number of esters is 1. The summed E-state index contributed by atoms with van der Waals surface area (Å²) in [5, 5.41) is 1.88. The Morgan fingerprint density at radius 1 is 1.07 bits per heavy atom. The van der Waals surface area contributed by atoms with Crippen molar-refractivity contribution in [3.63, 3.8) is 0 Å². The Hall–Kier alpha value is -3.25. The Balaban J connectivity index is 1.47. The highest BCUT2D eigenvalue weighted by Gasteiger charge is 2.14. The van der Waals surface area contributed by atoms with Crippen LogP contribution in [0.5, 0.6) is 0 Å². The zero-order valence-electron chi connectivity index (χ0n) is 16.0. The average Bonchev–Trinajstić information content (AvgIpc) is 3.12. The van der Waals surface area contributed by atoms with Gasteiger partial charge in [0.2, 0.25) is 0 Å². The van der Waals surface area contributed by atoms with Gasteiger partial charge in [-0.15, -0.1) is 11.3 Å². The van der Waals surface area contributed by atoms with Crippen molar-refractivity contribution >= 4 is 22.3 Å². The summed E-state index contributed by atoms with van der Waals surface area (Å²) in [5.74, 6) is -0.405. The molecule has 0 amide bonds. The summed E-state index contributed by atoms with van der Waals surface area (Å²) < 4.78 is 7.02. The first kappa shape index (κ1) is 19.1. The van der Waals surface area contributed by atoms with Crippen LogP contribution in [0.1, 0.15) is 32.9 Å². The molecule has 29 heavy (non-hydrogen) atoms. The number of hydrogen-bond acceptors (Lipinski definition) is 5. The fourth-order valence-corrected chi connectivity index (χ4v) is 4.14. The number of hydrogen-bond donors (Lipinski definition) is 0. The van der Waals surface area contributed by atoms with Crippen molar-refractivity contribution in [2.24, 2.45) is 0 Å². The van der Waals surface area contributed by atoms with Crippen molar-refractivity contribution in [2.45, 2.75) is 26.4 Å². The topological polar surface area (TPSA) is 60.7 Å². The summed E-state index contributed by atoms with van der Waals surface area (Å²) in [5.41, 5.74) is 3.85. The molecule has 2 aromatic heterocycles. The lowest BCUT2D eigenvalue weighted by Gasteiger charge is -2.10. The standard InChI is InChI=1S/C23H20N2O3S/c1-16-15-29-23-24-19(13-21(26)25(16)23)14-28-22(27)20-10-6-5-9-18(20)12-11-17-7-3-2-4-8-17/h2-10,13,15H,11-12,14H2,1H3. The highest BCUT2D eigenvalue weighted by molar-refractivity contribution is 7.15. The molecule has 2 aromatic carbocycles. The molecule has 0 saturated heterocycles. The number of fused-ring (bicyclic) bond motifs is 1. The highest BCUT2D eigenvalue weighted by Crippen LogP contribution is 2.16. The number of carbonyl (C=O) groups excluding carboxylic acids is 1. The third-order valence-electron chi connectivity index (χ3n) is 4.74. The van der Waals surface area contributed by atoms with Gasteiger partial charge in [-0.3, -0.25) is 9.20 Å².